The fraction of sp³-hybridized carbons (Fsp3) is 0.619. The fourth-order valence-electron chi connectivity index (χ4n) is 3.66. The third-order valence-electron chi connectivity index (χ3n) is 5.43. The molecule has 0 saturated heterocycles. The van der Waals surface area contributed by atoms with Crippen LogP contribution in [-0.2, 0) is 6.42 Å². The molecule has 0 heterocycles. The zero-order chi connectivity index (χ0) is 18.6. The summed E-state index contributed by atoms with van der Waals surface area (Å²) >= 11 is 0. The monoisotopic (exact) mass is 368 g/mol. The van der Waals surface area contributed by atoms with Crippen molar-refractivity contribution >= 4 is 0 Å². The minimum Gasteiger partial charge on any atom is -0.487 e. The minimum atomic E-state index is -4.72. The summed E-state index contributed by atoms with van der Waals surface area (Å²) in [6, 6.07) is 3.51. The molecule has 0 radical (unpaired) electrons. The van der Waals surface area contributed by atoms with E-state index >= 15 is 0 Å². The van der Waals surface area contributed by atoms with Crippen molar-refractivity contribution in [3.63, 3.8) is 0 Å². The van der Waals surface area contributed by atoms with E-state index in [4.69, 9.17) is 4.74 Å². The van der Waals surface area contributed by atoms with Crippen LogP contribution in [0.2, 0.25) is 0 Å². The highest BCUT2D eigenvalue weighted by Gasteiger charge is 2.34. The van der Waals surface area contributed by atoms with Gasteiger partial charge in [-0.2, -0.15) is 0 Å². The zero-order valence-corrected chi connectivity index (χ0v) is 15.3. The van der Waals surface area contributed by atoms with E-state index in [9.17, 15) is 13.2 Å². The minimum absolute atomic E-state index is 0.0127. The molecule has 0 aliphatic heterocycles. The highest BCUT2D eigenvalue weighted by molar-refractivity contribution is 5.50. The Bertz CT molecular complexity index is 627. The summed E-state index contributed by atoms with van der Waals surface area (Å²) in [6.07, 6.45) is 8.89. The Hall–Kier alpha value is -1.65. The summed E-state index contributed by atoms with van der Waals surface area (Å²) in [4.78, 5) is 0. The van der Waals surface area contributed by atoms with E-state index < -0.39 is 6.36 Å². The van der Waals surface area contributed by atoms with Crippen LogP contribution in [0.25, 0.3) is 0 Å². The van der Waals surface area contributed by atoms with E-state index in [2.05, 4.69) is 16.9 Å². The summed E-state index contributed by atoms with van der Waals surface area (Å²) in [7, 11) is 0. The second-order valence-corrected chi connectivity index (χ2v) is 7.41. The predicted octanol–water partition coefficient (Wildman–Crippen LogP) is 6.50. The fourth-order valence-corrected chi connectivity index (χ4v) is 3.66. The number of hydrogen-bond acceptors (Lipinski definition) is 2. The van der Waals surface area contributed by atoms with Crippen LogP contribution < -0.4 is 9.47 Å². The first-order valence-electron chi connectivity index (χ1n) is 9.64. The van der Waals surface area contributed by atoms with Gasteiger partial charge >= 0.3 is 6.36 Å². The first-order valence-corrected chi connectivity index (χ1v) is 9.64. The number of aryl methyl sites for hydroxylation is 1. The van der Waals surface area contributed by atoms with Crippen LogP contribution >= 0.6 is 0 Å². The lowest BCUT2D eigenvalue weighted by Gasteiger charge is -2.21. The van der Waals surface area contributed by atoms with Gasteiger partial charge in [-0.25, -0.2) is 0 Å². The second-order valence-electron chi connectivity index (χ2n) is 7.41. The molecule has 1 aromatic carbocycles. The third kappa shape index (κ3) is 5.18. The van der Waals surface area contributed by atoms with E-state index in [1.807, 2.05) is 6.07 Å². The van der Waals surface area contributed by atoms with Crippen LogP contribution in [0.4, 0.5) is 13.2 Å². The van der Waals surface area contributed by atoms with Crippen molar-refractivity contribution in [1.82, 2.24) is 0 Å². The van der Waals surface area contributed by atoms with Crippen LogP contribution in [-0.4, -0.2) is 12.5 Å². The normalized spacial score (nSPS) is 19.1. The van der Waals surface area contributed by atoms with Gasteiger partial charge in [0, 0.05) is 0 Å². The molecule has 2 aliphatic carbocycles. The van der Waals surface area contributed by atoms with Crippen molar-refractivity contribution in [2.24, 2.45) is 5.92 Å². The number of hydrogen-bond donors (Lipinski definition) is 0. The molecule has 0 bridgehead atoms. The van der Waals surface area contributed by atoms with Gasteiger partial charge < -0.3 is 9.47 Å². The van der Waals surface area contributed by atoms with Crippen LogP contribution in [0.5, 0.6) is 11.5 Å². The topological polar surface area (TPSA) is 18.5 Å². The highest BCUT2D eigenvalue weighted by atomic mass is 19.4. The number of alkyl halides is 3. The standard InChI is InChI=1S/C21H27F3O2/c1-15-17(10-3-2-7-16-8-6-9-16)13-14-19(20(15)26-21(22,23)24)25-18-11-4-5-12-18/h2,7,13-14,16,18H,3-6,8-12H2,1H3/b7-2+. The molecule has 144 valence electrons. The Labute approximate surface area is 153 Å². The number of halogens is 3. The summed E-state index contributed by atoms with van der Waals surface area (Å²) in [6.45, 7) is 1.69. The summed E-state index contributed by atoms with van der Waals surface area (Å²) in [5, 5.41) is 0. The van der Waals surface area contributed by atoms with E-state index in [1.54, 1.807) is 13.0 Å². The Balaban J connectivity index is 1.72. The first kappa shape index (κ1) is 19.1. The predicted molar refractivity (Wildman–Crippen MR) is 95.5 cm³/mol. The van der Waals surface area contributed by atoms with Crippen LogP contribution in [0.15, 0.2) is 24.3 Å². The number of allylic oxidation sites excluding steroid dienone is 2. The maximum absolute atomic E-state index is 12.9. The summed E-state index contributed by atoms with van der Waals surface area (Å²) in [5.74, 6) is 0.729. The van der Waals surface area contributed by atoms with Gasteiger partial charge in [0.05, 0.1) is 6.10 Å². The van der Waals surface area contributed by atoms with Crippen molar-refractivity contribution in [3.05, 3.63) is 35.4 Å². The molecule has 2 saturated carbocycles. The van der Waals surface area contributed by atoms with Gasteiger partial charge in [0.1, 0.15) is 0 Å². The molecule has 26 heavy (non-hydrogen) atoms. The lowest BCUT2D eigenvalue weighted by molar-refractivity contribution is -0.275. The lowest BCUT2D eigenvalue weighted by atomic mass is 9.85. The SMILES string of the molecule is Cc1c(CC/C=C/C2CCC2)ccc(OC2CCCC2)c1OC(F)(F)F. The molecule has 0 unspecified atom stereocenters. The highest BCUT2D eigenvalue weighted by Crippen LogP contribution is 2.39. The van der Waals surface area contributed by atoms with E-state index in [-0.39, 0.29) is 17.6 Å². The first-order chi connectivity index (χ1) is 12.4. The Morgan fingerprint density at radius 1 is 1.08 bits per heavy atom. The van der Waals surface area contributed by atoms with Gasteiger partial charge in [0.2, 0.25) is 0 Å². The third-order valence-corrected chi connectivity index (χ3v) is 5.43. The van der Waals surface area contributed by atoms with E-state index in [0.717, 1.165) is 37.7 Å². The average molecular weight is 368 g/mol. The smallest absolute Gasteiger partial charge is 0.487 e. The quantitative estimate of drug-likeness (QED) is 0.511. The molecule has 3 rings (SSSR count). The maximum atomic E-state index is 12.9. The van der Waals surface area contributed by atoms with Crippen LogP contribution in [0.3, 0.4) is 0 Å². The summed E-state index contributed by atoms with van der Waals surface area (Å²) in [5.41, 5.74) is 1.40. The average Bonchev–Trinajstić information content (AvgIpc) is 3.02. The van der Waals surface area contributed by atoms with Gasteiger partial charge in [-0.1, -0.05) is 24.6 Å². The second kappa shape index (κ2) is 8.36. The molecule has 0 spiro atoms. The van der Waals surface area contributed by atoms with Gasteiger partial charge in [-0.05, 0) is 81.4 Å². The van der Waals surface area contributed by atoms with E-state index in [0.29, 0.717) is 17.9 Å². The lowest BCUT2D eigenvalue weighted by Crippen LogP contribution is -2.20. The molecular weight excluding hydrogens is 341 g/mol. The Morgan fingerprint density at radius 3 is 2.42 bits per heavy atom. The van der Waals surface area contributed by atoms with Gasteiger partial charge in [-0.15, -0.1) is 13.2 Å². The van der Waals surface area contributed by atoms with Crippen LogP contribution in [0.1, 0.15) is 62.5 Å². The van der Waals surface area contributed by atoms with Crippen molar-refractivity contribution in [2.45, 2.75) is 77.2 Å². The number of rotatable bonds is 7. The van der Waals surface area contributed by atoms with Gasteiger partial charge in [-0.3, -0.25) is 0 Å². The number of ether oxygens (including phenoxy) is 2. The zero-order valence-electron chi connectivity index (χ0n) is 15.3. The van der Waals surface area contributed by atoms with Gasteiger partial charge in [0.25, 0.3) is 0 Å². The van der Waals surface area contributed by atoms with E-state index in [1.165, 1.54) is 19.3 Å². The van der Waals surface area contributed by atoms with Crippen LogP contribution in [0, 0.1) is 12.8 Å². The molecule has 5 heteroatoms. The molecule has 0 atom stereocenters. The summed E-state index contributed by atoms with van der Waals surface area (Å²) < 4.78 is 48.9. The number of benzene rings is 1. The van der Waals surface area contributed by atoms with Crippen molar-refractivity contribution in [3.8, 4) is 11.5 Å². The molecule has 0 N–H and O–H groups in total. The van der Waals surface area contributed by atoms with Crippen molar-refractivity contribution < 1.29 is 22.6 Å². The molecule has 1 aromatic rings. The molecule has 2 fully saturated rings. The molecule has 2 aliphatic rings. The molecule has 2 nitrogen and oxygen atoms in total. The largest absolute Gasteiger partial charge is 0.573 e. The Kier molecular flexibility index (Phi) is 6.15. The maximum Gasteiger partial charge on any atom is 0.573 e. The Morgan fingerprint density at radius 2 is 1.81 bits per heavy atom. The molecular formula is C21H27F3O2. The van der Waals surface area contributed by atoms with Crippen molar-refractivity contribution in [2.75, 3.05) is 0 Å². The molecule has 0 aromatic heterocycles. The van der Waals surface area contributed by atoms with Crippen molar-refractivity contribution in [1.29, 1.82) is 0 Å². The van der Waals surface area contributed by atoms with Gasteiger partial charge in [0.15, 0.2) is 11.5 Å². The molecule has 0 amide bonds.